The number of likely N-dealkylation sites (tertiary alicyclic amines) is 1. The van der Waals surface area contributed by atoms with E-state index in [-0.39, 0.29) is 11.9 Å². The number of rotatable bonds is 6. The zero-order valence-electron chi connectivity index (χ0n) is 13.4. The fourth-order valence-electron chi connectivity index (χ4n) is 3.18. The lowest BCUT2D eigenvalue weighted by Gasteiger charge is -2.35. The Kier molecular flexibility index (Phi) is 5.42. The number of aromatic nitrogens is 2. The van der Waals surface area contributed by atoms with Crippen molar-refractivity contribution < 1.29 is 4.79 Å². The highest BCUT2D eigenvalue weighted by Gasteiger charge is 2.22. The van der Waals surface area contributed by atoms with Crippen LogP contribution in [0.1, 0.15) is 30.9 Å². The number of carbonyl (C=O) groups excluding carboxylic acids is 1. The zero-order chi connectivity index (χ0) is 15.9. The molecule has 5 heteroatoms. The van der Waals surface area contributed by atoms with E-state index in [9.17, 15) is 4.79 Å². The molecule has 2 heterocycles. The highest BCUT2D eigenvalue weighted by Crippen LogP contribution is 2.23. The minimum absolute atomic E-state index is 0.0286. The van der Waals surface area contributed by atoms with E-state index in [1.807, 2.05) is 6.07 Å². The van der Waals surface area contributed by atoms with E-state index in [2.05, 4.69) is 39.5 Å². The van der Waals surface area contributed by atoms with Crippen LogP contribution < -0.4 is 5.32 Å². The maximum Gasteiger partial charge on any atom is 0.240 e. The van der Waals surface area contributed by atoms with Gasteiger partial charge in [0.1, 0.15) is 6.54 Å². The number of hydrogen-bond donors (Lipinski definition) is 1. The average Bonchev–Trinajstić information content (AvgIpc) is 3.10. The smallest absolute Gasteiger partial charge is 0.240 e. The van der Waals surface area contributed by atoms with Gasteiger partial charge in [-0.1, -0.05) is 36.8 Å². The van der Waals surface area contributed by atoms with Gasteiger partial charge >= 0.3 is 0 Å². The summed E-state index contributed by atoms with van der Waals surface area (Å²) in [6.45, 7) is 3.19. The van der Waals surface area contributed by atoms with Gasteiger partial charge in [-0.15, -0.1) is 0 Å². The lowest BCUT2D eigenvalue weighted by molar-refractivity contribution is -0.121. The van der Waals surface area contributed by atoms with Crippen LogP contribution in [0.25, 0.3) is 0 Å². The molecule has 1 aliphatic heterocycles. The maximum absolute atomic E-state index is 12.2. The van der Waals surface area contributed by atoms with Crippen LogP contribution in [0, 0.1) is 0 Å². The fraction of sp³-hybridized carbons (Fsp3) is 0.444. The first-order valence-electron chi connectivity index (χ1n) is 8.34. The van der Waals surface area contributed by atoms with Crippen LogP contribution >= 0.6 is 0 Å². The molecule has 122 valence electrons. The summed E-state index contributed by atoms with van der Waals surface area (Å²) >= 11 is 0. The van der Waals surface area contributed by atoms with Gasteiger partial charge in [0, 0.05) is 18.9 Å². The van der Waals surface area contributed by atoms with Crippen molar-refractivity contribution in [1.29, 1.82) is 0 Å². The number of benzene rings is 1. The highest BCUT2D eigenvalue weighted by atomic mass is 16.1. The first-order valence-corrected chi connectivity index (χ1v) is 8.34. The predicted octanol–water partition coefficient (Wildman–Crippen LogP) is 2.23. The summed E-state index contributed by atoms with van der Waals surface area (Å²) in [4.78, 5) is 18.6. The van der Waals surface area contributed by atoms with Crippen molar-refractivity contribution in [2.75, 3.05) is 19.6 Å². The Hall–Kier alpha value is -2.14. The Balaban J connectivity index is 1.62. The lowest BCUT2D eigenvalue weighted by Crippen LogP contribution is -2.41. The number of hydrogen-bond acceptors (Lipinski definition) is 3. The molecule has 1 N–H and O–H groups in total. The molecule has 5 nitrogen and oxygen atoms in total. The molecule has 1 amide bonds. The van der Waals surface area contributed by atoms with Crippen LogP contribution in [0.2, 0.25) is 0 Å². The van der Waals surface area contributed by atoms with Crippen molar-refractivity contribution >= 4 is 5.91 Å². The third kappa shape index (κ3) is 4.42. The normalized spacial score (nSPS) is 16.9. The molecule has 3 rings (SSSR count). The number of imidazole rings is 1. The molecule has 0 saturated carbocycles. The Morgan fingerprint density at radius 1 is 1.17 bits per heavy atom. The molecule has 1 fully saturated rings. The minimum Gasteiger partial charge on any atom is -0.353 e. The van der Waals surface area contributed by atoms with Crippen molar-refractivity contribution in [3.8, 4) is 0 Å². The summed E-state index contributed by atoms with van der Waals surface area (Å²) in [5.74, 6) is 0.0286. The van der Waals surface area contributed by atoms with Gasteiger partial charge in [-0.2, -0.15) is 0 Å². The first-order chi connectivity index (χ1) is 11.3. The molecule has 0 bridgehead atoms. The monoisotopic (exact) mass is 312 g/mol. The highest BCUT2D eigenvalue weighted by molar-refractivity contribution is 5.75. The Morgan fingerprint density at radius 2 is 1.96 bits per heavy atom. The van der Waals surface area contributed by atoms with Gasteiger partial charge in [0.2, 0.25) is 5.91 Å². The molecular formula is C18H24N4O. The van der Waals surface area contributed by atoms with E-state index in [1.165, 1.54) is 24.8 Å². The Labute approximate surface area is 137 Å². The molecule has 0 unspecified atom stereocenters. The molecular weight excluding hydrogens is 288 g/mol. The second-order valence-corrected chi connectivity index (χ2v) is 6.06. The van der Waals surface area contributed by atoms with Gasteiger partial charge in [0.25, 0.3) is 0 Å². The van der Waals surface area contributed by atoms with Gasteiger partial charge in [0.05, 0.1) is 12.4 Å². The summed E-state index contributed by atoms with van der Waals surface area (Å²) in [5, 5.41) is 3.09. The van der Waals surface area contributed by atoms with E-state index in [0.717, 1.165) is 13.1 Å². The zero-order valence-corrected chi connectivity index (χ0v) is 13.4. The third-order valence-electron chi connectivity index (χ3n) is 4.39. The van der Waals surface area contributed by atoms with Gasteiger partial charge in [-0.05, 0) is 31.5 Å². The fourth-order valence-corrected chi connectivity index (χ4v) is 3.18. The van der Waals surface area contributed by atoms with E-state index >= 15 is 0 Å². The summed E-state index contributed by atoms with van der Waals surface area (Å²) in [6.07, 6.45) is 8.95. The van der Waals surface area contributed by atoms with Crippen molar-refractivity contribution in [1.82, 2.24) is 19.8 Å². The standard InChI is InChI=1S/C18H24N4O/c23-18(14-21-12-9-19-15-21)20-13-17(16-7-3-1-4-8-16)22-10-5-2-6-11-22/h1,3-4,7-9,12,15,17H,2,5-6,10-11,13-14H2,(H,20,23)/t17-/m0/s1. The van der Waals surface area contributed by atoms with Crippen LogP contribution in [0.3, 0.4) is 0 Å². The molecule has 1 aliphatic rings. The summed E-state index contributed by atoms with van der Waals surface area (Å²) < 4.78 is 1.79. The van der Waals surface area contributed by atoms with Crippen LogP contribution in [-0.2, 0) is 11.3 Å². The summed E-state index contributed by atoms with van der Waals surface area (Å²) in [6, 6.07) is 10.7. The van der Waals surface area contributed by atoms with E-state index in [4.69, 9.17) is 0 Å². The number of piperidine rings is 1. The molecule has 1 saturated heterocycles. The molecule has 1 atom stereocenters. The van der Waals surface area contributed by atoms with Gasteiger partial charge < -0.3 is 9.88 Å². The van der Waals surface area contributed by atoms with Crippen molar-refractivity contribution in [2.24, 2.45) is 0 Å². The van der Waals surface area contributed by atoms with Crippen LogP contribution in [0.5, 0.6) is 0 Å². The number of amides is 1. The second kappa shape index (κ2) is 7.92. The summed E-state index contributed by atoms with van der Waals surface area (Å²) in [7, 11) is 0. The minimum atomic E-state index is 0.0286. The number of nitrogens with zero attached hydrogens (tertiary/aromatic N) is 3. The van der Waals surface area contributed by atoms with Gasteiger partial charge in [-0.25, -0.2) is 4.98 Å². The molecule has 2 aromatic rings. The lowest BCUT2D eigenvalue weighted by atomic mass is 10.0. The molecule has 0 radical (unpaired) electrons. The van der Waals surface area contributed by atoms with Crippen molar-refractivity contribution in [2.45, 2.75) is 31.8 Å². The molecule has 0 spiro atoms. The van der Waals surface area contributed by atoms with Crippen LogP contribution in [0.4, 0.5) is 0 Å². The van der Waals surface area contributed by atoms with E-state index < -0.39 is 0 Å². The van der Waals surface area contributed by atoms with E-state index in [0.29, 0.717) is 13.1 Å². The maximum atomic E-state index is 12.2. The molecule has 0 aliphatic carbocycles. The second-order valence-electron chi connectivity index (χ2n) is 6.06. The van der Waals surface area contributed by atoms with Crippen molar-refractivity contribution in [3.63, 3.8) is 0 Å². The summed E-state index contributed by atoms with van der Waals surface area (Å²) in [5.41, 5.74) is 1.28. The number of carbonyl (C=O) groups is 1. The van der Waals surface area contributed by atoms with Crippen LogP contribution in [-0.4, -0.2) is 40.0 Å². The van der Waals surface area contributed by atoms with Crippen molar-refractivity contribution in [3.05, 3.63) is 54.6 Å². The molecule has 1 aromatic heterocycles. The van der Waals surface area contributed by atoms with Gasteiger partial charge in [-0.3, -0.25) is 9.69 Å². The quantitative estimate of drug-likeness (QED) is 0.890. The third-order valence-corrected chi connectivity index (χ3v) is 4.39. The molecule has 23 heavy (non-hydrogen) atoms. The average molecular weight is 312 g/mol. The first kappa shape index (κ1) is 15.7. The Morgan fingerprint density at radius 3 is 2.65 bits per heavy atom. The number of nitrogens with one attached hydrogen (secondary N) is 1. The Bertz CT molecular complexity index is 591. The van der Waals surface area contributed by atoms with Crippen LogP contribution in [0.15, 0.2) is 49.1 Å². The topological polar surface area (TPSA) is 50.2 Å². The SMILES string of the molecule is O=C(Cn1ccnc1)NC[C@@H](c1ccccc1)N1CCCCC1. The predicted molar refractivity (Wildman–Crippen MR) is 89.8 cm³/mol. The molecule has 1 aromatic carbocycles. The largest absolute Gasteiger partial charge is 0.353 e. The van der Waals surface area contributed by atoms with Gasteiger partial charge in [0.15, 0.2) is 0 Å². The van der Waals surface area contributed by atoms with E-state index in [1.54, 1.807) is 23.3 Å².